The van der Waals surface area contributed by atoms with Gasteiger partial charge in [0, 0.05) is 18.7 Å². The highest BCUT2D eigenvalue weighted by atomic mass is 16.5. The van der Waals surface area contributed by atoms with E-state index in [0.29, 0.717) is 30.2 Å². The number of carbonyl (C=O) groups excluding carboxylic acids is 1. The van der Waals surface area contributed by atoms with Crippen LogP contribution < -0.4 is 14.8 Å². The number of tetrazole rings is 1. The summed E-state index contributed by atoms with van der Waals surface area (Å²) in [6.45, 7) is 3.33. The molecule has 1 heterocycles. The molecule has 0 atom stereocenters. The minimum Gasteiger partial charge on any atom is -0.497 e. The monoisotopic (exact) mass is 367 g/mol. The van der Waals surface area contributed by atoms with Gasteiger partial charge in [0.25, 0.3) is 5.91 Å². The van der Waals surface area contributed by atoms with Gasteiger partial charge in [-0.1, -0.05) is 12.1 Å². The molecule has 0 spiro atoms. The van der Waals surface area contributed by atoms with Gasteiger partial charge in [-0.2, -0.15) is 0 Å². The van der Waals surface area contributed by atoms with Gasteiger partial charge in [0.2, 0.25) is 0 Å². The normalized spacial score (nSPS) is 10.4. The number of methoxy groups -OCH3 is 1. The van der Waals surface area contributed by atoms with Crippen LogP contribution >= 0.6 is 0 Å². The molecular formula is C19H21N5O3. The van der Waals surface area contributed by atoms with Gasteiger partial charge in [-0.15, -0.1) is 5.10 Å². The van der Waals surface area contributed by atoms with Crippen molar-refractivity contribution in [3.8, 4) is 11.5 Å². The quantitative estimate of drug-likeness (QED) is 0.656. The zero-order chi connectivity index (χ0) is 19.1. The number of hydrogen-bond acceptors (Lipinski definition) is 6. The van der Waals surface area contributed by atoms with Crippen molar-refractivity contribution in [2.75, 3.05) is 7.11 Å². The number of rotatable bonds is 8. The average molecular weight is 367 g/mol. The Labute approximate surface area is 157 Å². The topological polar surface area (TPSA) is 91.2 Å². The maximum atomic E-state index is 12.3. The van der Waals surface area contributed by atoms with Crippen molar-refractivity contribution in [1.82, 2.24) is 25.5 Å². The number of aromatic nitrogens is 4. The number of hydrogen-bond donors (Lipinski definition) is 1. The smallest absolute Gasteiger partial charge is 0.251 e. The molecule has 3 aromatic rings. The summed E-state index contributed by atoms with van der Waals surface area (Å²) in [6.07, 6.45) is 0. The molecular weight excluding hydrogens is 346 g/mol. The van der Waals surface area contributed by atoms with Gasteiger partial charge in [-0.25, -0.2) is 4.68 Å². The van der Waals surface area contributed by atoms with Crippen molar-refractivity contribution < 1.29 is 14.3 Å². The lowest BCUT2D eigenvalue weighted by molar-refractivity contribution is 0.0951. The summed E-state index contributed by atoms with van der Waals surface area (Å²) in [5.74, 6) is 1.90. The highest BCUT2D eigenvalue weighted by Gasteiger charge is 2.08. The van der Waals surface area contributed by atoms with E-state index in [1.807, 2.05) is 31.2 Å². The van der Waals surface area contributed by atoms with E-state index < -0.39 is 0 Å². The van der Waals surface area contributed by atoms with E-state index in [1.54, 1.807) is 36.1 Å². The van der Waals surface area contributed by atoms with Crippen molar-refractivity contribution >= 4 is 5.91 Å². The van der Waals surface area contributed by atoms with Crippen LogP contribution in [0, 0.1) is 0 Å². The highest BCUT2D eigenvalue weighted by molar-refractivity contribution is 5.94. The van der Waals surface area contributed by atoms with Crippen LogP contribution in [0.2, 0.25) is 0 Å². The zero-order valence-electron chi connectivity index (χ0n) is 15.3. The van der Waals surface area contributed by atoms with Gasteiger partial charge in [-0.05, 0) is 59.3 Å². The Kier molecular flexibility index (Phi) is 5.98. The Hall–Kier alpha value is -3.42. The van der Waals surface area contributed by atoms with Crippen LogP contribution in [0.25, 0.3) is 0 Å². The first-order chi connectivity index (χ1) is 13.2. The molecule has 1 N–H and O–H groups in total. The third kappa shape index (κ3) is 4.81. The van der Waals surface area contributed by atoms with E-state index in [2.05, 4.69) is 20.8 Å². The van der Waals surface area contributed by atoms with E-state index in [9.17, 15) is 4.79 Å². The summed E-state index contributed by atoms with van der Waals surface area (Å²) in [5, 5.41) is 14.3. The van der Waals surface area contributed by atoms with Crippen molar-refractivity contribution in [2.45, 2.75) is 26.6 Å². The fourth-order valence-corrected chi connectivity index (χ4v) is 2.49. The number of nitrogens with one attached hydrogen (secondary N) is 1. The molecule has 2 aromatic carbocycles. The van der Waals surface area contributed by atoms with Crippen LogP contribution in [0.4, 0.5) is 0 Å². The summed E-state index contributed by atoms with van der Waals surface area (Å²) < 4.78 is 12.5. The third-order valence-corrected chi connectivity index (χ3v) is 3.98. The lowest BCUT2D eigenvalue weighted by Crippen LogP contribution is -2.22. The number of amides is 1. The van der Waals surface area contributed by atoms with Gasteiger partial charge in [-0.3, -0.25) is 4.79 Å². The number of benzene rings is 2. The van der Waals surface area contributed by atoms with Crippen molar-refractivity contribution in [1.29, 1.82) is 0 Å². The number of carbonyl (C=O) groups is 1. The molecule has 1 aromatic heterocycles. The van der Waals surface area contributed by atoms with E-state index in [4.69, 9.17) is 9.47 Å². The molecule has 0 saturated carbocycles. The first kappa shape index (κ1) is 18.4. The standard InChI is InChI=1S/C19H21N5O3/c1-3-24-18(21-22-23-24)13-27-16-9-7-15(8-10-16)19(25)20-12-14-5-4-6-17(11-14)26-2/h4-11H,3,12-13H2,1-2H3,(H,20,25). The number of ether oxygens (including phenoxy) is 2. The lowest BCUT2D eigenvalue weighted by atomic mass is 10.2. The average Bonchev–Trinajstić information content (AvgIpc) is 3.18. The molecule has 0 bridgehead atoms. The minimum absolute atomic E-state index is 0.153. The largest absolute Gasteiger partial charge is 0.497 e. The van der Waals surface area contributed by atoms with Crippen LogP contribution in [0.15, 0.2) is 48.5 Å². The Morgan fingerprint density at radius 1 is 1.15 bits per heavy atom. The lowest BCUT2D eigenvalue weighted by Gasteiger charge is -2.08. The molecule has 0 aliphatic carbocycles. The van der Waals surface area contributed by atoms with Gasteiger partial charge >= 0.3 is 0 Å². The predicted molar refractivity (Wildman–Crippen MR) is 98.4 cm³/mol. The molecule has 8 nitrogen and oxygen atoms in total. The molecule has 27 heavy (non-hydrogen) atoms. The molecule has 0 unspecified atom stereocenters. The van der Waals surface area contributed by atoms with Crippen LogP contribution in [0.1, 0.15) is 28.7 Å². The Morgan fingerprint density at radius 2 is 1.96 bits per heavy atom. The van der Waals surface area contributed by atoms with Crippen LogP contribution in [0.3, 0.4) is 0 Å². The number of nitrogens with zero attached hydrogens (tertiary/aromatic N) is 4. The van der Waals surface area contributed by atoms with E-state index in [0.717, 1.165) is 11.3 Å². The molecule has 0 saturated heterocycles. The molecule has 8 heteroatoms. The molecule has 140 valence electrons. The van der Waals surface area contributed by atoms with E-state index in [-0.39, 0.29) is 12.5 Å². The second kappa shape index (κ2) is 8.79. The van der Waals surface area contributed by atoms with Crippen molar-refractivity contribution in [2.24, 2.45) is 0 Å². The summed E-state index contributed by atoms with van der Waals surface area (Å²) in [5.41, 5.74) is 1.53. The summed E-state index contributed by atoms with van der Waals surface area (Å²) >= 11 is 0. The summed E-state index contributed by atoms with van der Waals surface area (Å²) in [7, 11) is 1.62. The van der Waals surface area contributed by atoms with Crippen molar-refractivity contribution in [3.63, 3.8) is 0 Å². The van der Waals surface area contributed by atoms with Gasteiger partial charge in [0.1, 0.15) is 18.1 Å². The zero-order valence-corrected chi connectivity index (χ0v) is 15.3. The summed E-state index contributed by atoms with van der Waals surface area (Å²) in [6, 6.07) is 14.5. The van der Waals surface area contributed by atoms with E-state index in [1.165, 1.54) is 0 Å². The second-order valence-corrected chi connectivity index (χ2v) is 5.76. The highest BCUT2D eigenvalue weighted by Crippen LogP contribution is 2.15. The van der Waals surface area contributed by atoms with Gasteiger partial charge in [0.05, 0.1) is 7.11 Å². The molecule has 0 aliphatic heterocycles. The fraction of sp³-hybridized carbons (Fsp3) is 0.263. The van der Waals surface area contributed by atoms with Crippen LogP contribution in [0.5, 0.6) is 11.5 Å². The van der Waals surface area contributed by atoms with Gasteiger partial charge in [0.15, 0.2) is 5.82 Å². The molecule has 0 fully saturated rings. The molecule has 3 rings (SSSR count). The predicted octanol–water partition coefficient (Wildman–Crippen LogP) is 2.21. The second-order valence-electron chi connectivity index (χ2n) is 5.76. The fourth-order valence-electron chi connectivity index (χ4n) is 2.49. The molecule has 0 aliphatic rings. The molecule has 1 amide bonds. The Bertz CT molecular complexity index is 892. The maximum Gasteiger partial charge on any atom is 0.251 e. The van der Waals surface area contributed by atoms with Crippen molar-refractivity contribution in [3.05, 3.63) is 65.5 Å². The summed E-state index contributed by atoms with van der Waals surface area (Å²) in [4.78, 5) is 12.3. The maximum absolute atomic E-state index is 12.3. The minimum atomic E-state index is -0.153. The SMILES string of the molecule is CCn1nnnc1COc1ccc(C(=O)NCc2cccc(OC)c2)cc1. The van der Waals surface area contributed by atoms with Gasteiger partial charge < -0.3 is 14.8 Å². The Morgan fingerprint density at radius 3 is 2.70 bits per heavy atom. The first-order valence-corrected chi connectivity index (χ1v) is 8.58. The Balaban J connectivity index is 1.53. The van der Waals surface area contributed by atoms with Crippen LogP contribution in [-0.2, 0) is 19.7 Å². The van der Waals surface area contributed by atoms with Crippen LogP contribution in [-0.4, -0.2) is 33.2 Å². The number of aryl methyl sites for hydroxylation is 1. The third-order valence-electron chi connectivity index (χ3n) is 3.98. The molecule has 0 radical (unpaired) electrons. The first-order valence-electron chi connectivity index (χ1n) is 8.58. The van der Waals surface area contributed by atoms with E-state index >= 15 is 0 Å².